The Balaban J connectivity index is 2.12. The van der Waals surface area contributed by atoms with Gasteiger partial charge in [0.25, 0.3) is 0 Å². The van der Waals surface area contributed by atoms with Gasteiger partial charge in [-0.3, -0.25) is 4.98 Å². The number of ether oxygens (including phenoxy) is 1. The lowest BCUT2D eigenvalue weighted by molar-refractivity contribution is 0.0695. The van der Waals surface area contributed by atoms with Gasteiger partial charge in [-0.25, -0.2) is 9.18 Å². The average Bonchev–Trinajstić information content (AvgIpc) is 2.37. The second-order valence-electron chi connectivity index (χ2n) is 3.75. The van der Waals surface area contributed by atoms with Crippen LogP contribution in [0.5, 0.6) is 5.75 Å². The largest absolute Gasteiger partial charge is 0.489 e. The van der Waals surface area contributed by atoms with Crippen LogP contribution in [0.25, 0.3) is 0 Å². The van der Waals surface area contributed by atoms with Crippen LogP contribution in [-0.2, 0) is 6.61 Å². The van der Waals surface area contributed by atoms with Crippen molar-refractivity contribution in [3.05, 3.63) is 58.1 Å². The number of carboxylic acids is 1. The average molecular weight is 326 g/mol. The second kappa shape index (κ2) is 5.79. The van der Waals surface area contributed by atoms with E-state index in [1.165, 1.54) is 18.3 Å². The van der Waals surface area contributed by atoms with Gasteiger partial charge >= 0.3 is 5.97 Å². The predicted molar refractivity (Wildman–Crippen MR) is 69.6 cm³/mol. The van der Waals surface area contributed by atoms with E-state index in [0.29, 0.717) is 15.8 Å². The van der Waals surface area contributed by atoms with Crippen LogP contribution < -0.4 is 4.74 Å². The van der Waals surface area contributed by atoms with Crippen LogP contribution >= 0.6 is 15.9 Å². The van der Waals surface area contributed by atoms with Gasteiger partial charge in [-0.1, -0.05) is 0 Å². The molecule has 2 rings (SSSR count). The Morgan fingerprint density at radius 1 is 1.37 bits per heavy atom. The minimum absolute atomic E-state index is 0.106. The van der Waals surface area contributed by atoms with Gasteiger partial charge in [0.1, 0.15) is 18.2 Å². The summed E-state index contributed by atoms with van der Waals surface area (Å²) in [6.45, 7) is 0.117. The first-order valence-electron chi connectivity index (χ1n) is 5.31. The lowest BCUT2D eigenvalue weighted by Gasteiger charge is -2.07. The molecule has 0 saturated heterocycles. The number of carbonyl (C=O) groups is 1. The maximum atomic E-state index is 12.9. The zero-order chi connectivity index (χ0) is 13.8. The minimum atomic E-state index is -1.05. The molecule has 0 atom stereocenters. The fourth-order valence-corrected chi connectivity index (χ4v) is 1.88. The maximum Gasteiger partial charge on any atom is 0.336 e. The molecule has 0 aliphatic heterocycles. The van der Waals surface area contributed by atoms with E-state index in [-0.39, 0.29) is 12.2 Å². The fourth-order valence-electron chi connectivity index (χ4n) is 1.46. The molecule has 0 unspecified atom stereocenters. The molecule has 4 nitrogen and oxygen atoms in total. The highest BCUT2D eigenvalue weighted by atomic mass is 79.9. The van der Waals surface area contributed by atoms with E-state index in [9.17, 15) is 9.18 Å². The number of rotatable bonds is 4. The van der Waals surface area contributed by atoms with Crippen molar-refractivity contribution in [3.63, 3.8) is 0 Å². The molecular weight excluding hydrogens is 317 g/mol. The zero-order valence-electron chi connectivity index (χ0n) is 9.64. The Morgan fingerprint density at radius 2 is 2.16 bits per heavy atom. The van der Waals surface area contributed by atoms with Gasteiger partial charge in [0.15, 0.2) is 0 Å². The summed E-state index contributed by atoms with van der Waals surface area (Å²) in [6.07, 6.45) is 2.59. The number of carboxylic acid groups (broad SMARTS) is 1. The molecule has 98 valence electrons. The van der Waals surface area contributed by atoms with Crippen molar-refractivity contribution in [2.75, 3.05) is 0 Å². The molecule has 0 aliphatic carbocycles. The van der Waals surface area contributed by atoms with Crippen LogP contribution in [0.4, 0.5) is 4.39 Å². The molecule has 1 N–H and O–H groups in total. The van der Waals surface area contributed by atoms with E-state index in [4.69, 9.17) is 9.84 Å². The first kappa shape index (κ1) is 13.5. The van der Waals surface area contributed by atoms with Gasteiger partial charge in [0.05, 0.1) is 11.8 Å². The maximum absolute atomic E-state index is 12.9. The fraction of sp³-hybridized carbons (Fsp3) is 0.0769. The summed E-state index contributed by atoms with van der Waals surface area (Å²) in [6, 6.07) is 5.93. The molecule has 19 heavy (non-hydrogen) atoms. The summed E-state index contributed by atoms with van der Waals surface area (Å²) in [5.74, 6) is -1.10. The highest BCUT2D eigenvalue weighted by molar-refractivity contribution is 9.10. The Bertz CT molecular complexity index is 619. The lowest BCUT2D eigenvalue weighted by atomic mass is 10.2. The molecule has 1 aromatic heterocycles. The first-order valence-corrected chi connectivity index (χ1v) is 6.10. The van der Waals surface area contributed by atoms with Crippen molar-refractivity contribution < 1.29 is 19.0 Å². The van der Waals surface area contributed by atoms with Crippen LogP contribution in [0.2, 0.25) is 0 Å². The molecule has 0 amide bonds. The van der Waals surface area contributed by atoms with Gasteiger partial charge < -0.3 is 9.84 Å². The van der Waals surface area contributed by atoms with Crippen LogP contribution in [0, 0.1) is 5.82 Å². The molecular formula is C13H9BrFNO3. The minimum Gasteiger partial charge on any atom is -0.489 e. The number of hydrogen-bond acceptors (Lipinski definition) is 3. The number of hydrogen-bond donors (Lipinski definition) is 1. The van der Waals surface area contributed by atoms with E-state index < -0.39 is 11.8 Å². The van der Waals surface area contributed by atoms with Crippen LogP contribution in [-0.4, -0.2) is 16.1 Å². The number of pyridine rings is 1. The smallest absolute Gasteiger partial charge is 0.336 e. The van der Waals surface area contributed by atoms with Crippen molar-refractivity contribution in [3.8, 4) is 5.75 Å². The molecule has 1 heterocycles. The van der Waals surface area contributed by atoms with Crippen molar-refractivity contribution in [2.24, 2.45) is 0 Å². The summed E-state index contributed by atoms with van der Waals surface area (Å²) in [5, 5.41) is 8.97. The van der Waals surface area contributed by atoms with Crippen LogP contribution in [0.1, 0.15) is 15.9 Å². The summed E-state index contributed by atoms with van der Waals surface area (Å²) in [4.78, 5) is 14.6. The molecule has 0 spiro atoms. The van der Waals surface area contributed by atoms with E-state index >= 15 is 0 Å². The van der Waals surface area contributed by atoms with E-state index in [2.05, 4.69) is 20.9 Å². The molecule has 6 heteroatoms. The molecule has 2 aromatic rings. The highest BCUT2D eigenvalue weighted by Gasteiger charge is 2.09. The summed E-state index contributed by atoms with van der Waals surface area (Å²) < 4.78 is 18.8. The van der Waals surface area contributed by atoms with E-state index in [0.717, 1.165) is 6.20 Å². The summed E-state index contributed by atoms with van der Waals surface area (Å²) in [7, 11) is 0. The number of nitrogens with zero attached hydrogens (tertiary/aromatic N) is 1. The highest BCUT2D eigenvalue weighted by Crippen LogP contribution is 2.23. The Labute approximate surface area is 117 Å². The van der Waals surface area contributed by atoms with Crippen molar-refractivity contribution >= 4 is 21.9 Å². The van der Waals surface area contributed by atoms with Crippen molar-refractivity contribution in [2.45, 2.75) is 6.61 Å². The third-order valence-corrected chi connectivity index (χ3v) is 3.03. The zero-order valence-corrected chi connectivity index (χ0v) is 11.2. The molecule has 0 aliphatic rings. The third-order valence-electron chi connectivity index (χ3n) is 2.34. The standard InChI is InChI=1S/C13H9BrFNO3/c14-12-2-1-10(4-11(12)13(17)18)19-7-8-3-9(15)6-16-5-8/h1-6H,7H2,(H,17,18). The van der Waals surface area contributed by atoms with Gasteiger partial charge in [-0.15, -0.1) is 0 Å². The second-order valence-corrected chi connectivity index (χ2v) is 4.60. The van der Waals surface area contributed by atoms with Crippen LogP contribution in [0.15, 0.2) is 41.1 Å². The Kier molecular flexibility index (Phi) is 4.11. The number of aromatic nitrogens is 1. The SMILES string of the molecule is O=C(O)c1cc(OCc2cncc(F)c2)ccc1Br. The monoisotopic (exact) mass is 325 g/mol. The van der Waals surface area contributed by atoms with Gasteiger partial charge in [0.2, 0.25) is 0 Å². The summed E-state index contributed by atoms with van der Waals surface area (Å²) in [5.41, 5.74) is 0.676. The lowest BCUT2D eigenvalue weighted by Crippen LogP contribution is -2.01. The molecule has 0 fully saturated rings. The summed E-state index contributed by atoms with van der Waals surface area (Å²) >= 11 is 3.14. The van der Waals surface area contributed by atoms with Crippen molar-refractivity contribution in [1.82, 2.24) is 4.98 Å². The number of halogens is 2. The normalized spacial score (nSPS) is 10.2. The van der Waals surface area contributed by atoms with E-state index in [1.807, 2.05) is 0 Å². The number of aromatic carboxylic acids is 1. The van der Waals surface area contributed by atoms with E-state index in [1.54, 1.807) is 12.1 Å². The third kappa shape index (κ3) is 3.51. The topological polar surface area (TPSA) is 59.4 Å². The van der Waals surface area contributed by atoms with Crippen LogP contribution in [0.3, 0.4) is 0 Å². The quantitative estimate of drug-likeness (QED) is 0.937. The van der Waals surface area contributed by atoms with Crippen molar-refractivity contribution in [1.29, 1.82) is 0 Å². The predicted octanol–water partition coefficient (Wildman–Crippen LogP) is 3.26. The Hall–Kier alpha value is -1.95. The number of benzene rings is 1. The molecule has 1 aromatic carbocycles. The van der Waals surface area contributed by atoms with Gasteiger partial charge in [0, 0.05) is 16.2 Å². The Morgan fingerprint density at radius 3 is 2.84 bits per heavy atom. The first-order chi connectivity index (χ1) is 9.06. The van der Waals surface area contributed by atoms with Gasteiger partial charge in [-0.05, 0) is 40.2 Å². The van der Waals surface area contributed by atoms with Gasteiger partial charge in [-0.2, -0.15) is 0 Å². The molecule has 0 radical (unpaired) electrons. The molecule has 0 saturated carbocycles. The molecule has 0 bridgehead atoms.